The first-order valence-corrected chi connectivity index (χ1v) is 18.0. The Labute approximate surface area is 308 Å². The van der Waals surface area contributed by atoms with Gasteiger partial charge >= 0.3 is 7.12 Å². The van der Waals surface area contributed by atoms with Crippen molar-refractivity contribution < 1.29 is 28.3 Å². The second-order valence-electron chi connectivity index (χ2n) is 14.4. The lowest BCUT2D eigenvalue weighted by Crippen LogP contribution is -2.49. The summed E-state index contributed by atoms with van der Waals surface area (Å²) in [6, 6.07) is 32.2. The third kappa shape index (κ3) is 8.09. The Balaban J connectivity index is 1.35. The maximum Gasteiger partial charge on any atom is 0.494 e. The largest absolute Gasteiger partial charge is 0.497 e. The molecule has 2 fully saturated rings. The van der Waals surface area contributed by atoms with Crippen LogP contribution in [-0.4, -0.2) is 94.8 Å². The fraction of sp³-hybridized carbons (Fsp3) is 0.415. The van der Waals surface area contributed by atoms with Gasteiger partial charge in [0.1, 0.15) is 29.0 Å². The van der Waals surface area contributed by atoms with Gasteiger partial charge in [0, 0.05) is 32.7 Å². The van der Waals surface area contributed by atoms with Crippen LogP contribution < -0.4 is 19.7 Å². The fourth-order valence-electron chi connectivity index (χ4n) is 6.65. The number of piperazine rings is 1. The summed E-state index contributed by atoms with van der Waals surface area (Å²) in [6.07, 6.45) is -0.354. The predicted molar refractivity (Wildman–Crippen MR) is 204 cm³/mol. The molecule has 2 saturated heterocycles. The van der Waals surface area contributed by atoms with E-state index in [-0.39, 0.29) is 12.7 Å². The molecule has 6 rings (SSSR count). The summed E-state index contributed by atoms with van der Waals surface area (Å²) in [7, 11) is 4.99. The van der Waals surface area contributed by atoms with Gasteiger partial charge in [0.25, 0.3) is 0 Å². The van der Waals surface area contributed by atoms with Gasteiger partial charge in [-0.2, -0.15) is 0 Å². The van der Waals surface area contributed by atoms with Crippen molar-refractivity contribution in [2.45, 2.75) is 50.6 Å². The summed E-state index contributed by atoms with van der Waals surface area (Å²) >= 11 is 6.97. The lowest BCUT2D eigenvalue weighted by Gasteiger charge is -2.39. The topological polar surface area (TPSA) is 61.9 Å². The number of nitrogens with zero attached hydrogens (tertiary/aromatic N) is 2. The molecule has 4 aromatic carbocycles. The molecule has 8 nitrogen and oxygen atoms in total. The van der Waals surface area contributed by atoms with Crippen molar-refractivity contribution in [2.75, 3.05) is 60.6 Å². The van der Waals surface area contributed by atoms with Crippen LogP contribution in [0.5, 0.6) is 17.2 Å². The molecular weight excluding hydrogens is 663 g/mol. The van der Waals surface area contributed by atoms with Crippen LogP contribution in [0.15, 0.2) is 97.1 Å². The molecule has 4 aromatic rings. The van der Waals surface area contributed by atoms with Crippen molar-refractivity contribution in [2.24, 2.45) is 0 Å². The predicted octanol–water partition coefficient (Wildman–Crippen LogP) is 6.66. The molecule has 0 radical (unpaired) electrons. The Morgan fingerprint density at radius 1 is 0.745 bits per heavy atom. The van der Waals surface area contributed by atoms with Crippen LogP contribution in [0.25, 0.3) is 0 Å². The van der Waals surface area contributed by atoms with Gasteiger partial charge in [-0.15, -0.1) is 0 Å². The van der Waals surface area contributed by atoms with Gasteiger partial charge in [-0.25, -0.2) is 0 Å². The average molecular weight is 713 g/mol. The van der Waals surface area contributed by atoms with E-state index in [0.29, 0.717) is 17.3 Å². The standard InChI is InChI=1S/C41H50BClN2O6/c1-39(2)40(3,4)51-42(50-39)33-17-22-38(37(43)27-33)49-36(28-45-25-23-44(5)24-26-45)29-48-41(30-11-9-8-10-12-30,31-13-18-34(46-6)19-14-31)32-15-20-35(47-7)21-16-32/h8-22,27,36H,23-26,28-29H2,1-7H3/t36-/m1/s1. The van der Waals surface area contributed by atoms with Crippen LogP contribution in [0.2, 0.25) is 5.02 Å². The highest BCUT2D eigenvalue weighted by molar-refractivity contribution is 6.62. The lowest BCUT2D eigenvalue weighted by molar-refractivity contribution is -0.0410. The molecule has 0 N–H and O–H groups in total. The third-order valence-electron chi connectivity index (χ3n) is 10.5. The number of methoxy groups -OCH3 is 2. The van der Waals surface area contributed by atoms with Crippen molar-refractivity contribution in [3.63, 3.8) is 0 Å². The van der Waals surface area contributed by atoms with Crippen LogP contribution >= 0.6 is 11.6 Å². The number of benzene rings is 4. The van der Waals surface area contributed by atoms with Gasteiger partial charge in [0.05, 0.1) is 37.1 Å². The number of rotatable bonds is 13. The highest BCUT2D eigenvalue weighted by Gasteiger charge is 2.51. The van der Waals surface area contributed by atoms with Crippen LogP contribution in [0, 0.1) is 0 Å². The minimum Gasteiger partial charge on any atom is -0.497 e. The maximum atomic E-state index is 7.30. The van der Waals surface area contributed by atoms with Crippen LogP contribution in [-0.2, 0) is 19.6 Å². The molecular formula is C41H50BClN2O6. The van der Waals surface area contributed by atoms with E-state index in [1.807, 2.05) is 88.4 Å². The first-order chi connectivity index (χ1) is 24.4. The zero-order valence-electron chi connectivity index (χ0n) is 30.9. The zero-order valence-corrected chi connectivity index (χ0v) is 31.6. The van der Waals surface area contributed by atoms with Crippen LogP contribution in [0.3, 0.4) is 0 Å². The number of halogens is 1. The quantitative estimate of drug-likeness (QED) is 0.113. The van der Waals surface area contributed by atoms with E-state index in [2.05, 4.69) is 53.2 Å². The first kappa shape index (κ1) is 37.2. The van der Waals surface area contributed by atoms with Crippen molar-refractivity contribution in [3.05, 3.63) is 119 Å². The van der Waals surface area contributed by atoms with E-state index >= 15 is 0 Å². The summed E-state index contributed by atoms with van der Waals surface area (Å²) in [5, 5.41) is 0.491. The lowest BCUT2D eigenvalue weighted by atomic mass is 9.79. The molecule has 10 heteroatoms. The van der Waals surface area contributed by atoms with Crippen molar-refractivity contribution >= 4 is 24.2 Å². The Kier molecular flexibility index (Phi) is 11.4. The summed E-state index contributed by atoms with van der Waals surface area (Å²) < 4.78 is 37.8. The Bertz CT molecular complexity index is 1670. The molecule has 2 aliphatic heterocycles. The van der Waals surface area contributed by atoms with Gasteiger partial charge in [-0.05, 0) is 93.3 Å². The van der Waals surface area contributed by atoms with Gasteiger partial charge < -0.3 is 33.2 Å². The van der Waals surface area contributed by atoms with Gasteiger partial charge in [-0.1, -0.05) is 72.3 Å². The molecule has 0 saturated carbocycles. The Hall–Kier alpha value is -3.57. The van der Waals surface area contributed by atoms with Gasteiger partial charge in [0.15, 0.2) is 0 Å². The second kappa shape index (κ2) is 15.6. The maximum absolute atomic E-state index is 7.30. The summed E-state index contributed by atoms with van der Waals surface area (Å²) in [6.45, 7) is 13.0. The molecule has 270 valence electrons. The van der Waals surface area contributed by atoms with E-state index < -0.39 is 23.9 Å². The number of ether oxygens (including phenoxy) is 4. The molecule has 0 spiro atoms. The molecule has 2 aliphatic rings. The molecule has 0 aliphatic carbocycles. The van der Waals surface area contributed by atoms with Crippen molar-refractivity contribution in [1.29, 1.82) is 0 Å². The van der Waals surface area contributed by atoms with E-state index in [9.17, 15) is 0 Å². The van der Waals surface area contributed by atoms with E-state index in [1.54, 1.807) is 14.2 Å². The SMILES string of the molecule is COc1ccc(C(OC[C@@H](CN2CCN(C)CC2)Oc2ccc(B3OC(C)(C)C(C)(C)O3)cc2Cl)(c2ccccc2)c2ccc(OC)cc2)cc1. The average Bonchev–Trinajstić information content (AvgIpc) is 3.36. The Morgan fingerprint density at radius 3 is 1.78 bits per heavy atom. The monoisotopic (exact) mass is 712 g/mol. The number of hydrogen-bond donors (Lipinski definition) is 0. The molecule has 0 amide bonds. The molecule has 0 bridgehead atoms. The molecule has 51 heavy (non-hydrogen) atoms. The number of hydrogen-bond acceptors (Lipinski definition) is 8. The van der Waals surface area contributed by atoms with Gasteiger partial charge in [0.2, 0.25) is 0 Å². The Morgan fingerprint density at radius 2 is 1.27 bits per heavy atom. The van der Waals surface area contributed by atoms with Crippen molar-refractivity contribution in [1.82, 2.24) is 9.80 Å². The summed E-state index contributed by atoms with van der Waals surface area (Å²) in [4.78, 5) is 4.79. The van der Waals surface area contributed by atoms with Gasteiger partial charge in [-0.3, -0.25) is 4.90 Å². The van der Waals surface area contributed by atoms with E-state index in [0.717, 1.165) is 59.8 Å². The molecule has 0 unspecified atom stereocenters. The molecule has 1 atom stereocenters. The smallest absolute Gasteiger partial charge is 0.494 e. The zero-order chi connectivity index (χ0) is 36.2. The minimum absolute atomic E-state index is 0.272. The third-order valence-corrected chi connectivity index (χ3v) is 10.8. The van der Waals surface area contributed by atoms with Crippen molar-refractivity contribution in [3.8, 4) is 17.2 Å². The van der Waals surface area contributed by atoms with Crippen LogP contribution in [0.1, 0.15) is 44.4 Å². The minimum atomic E-state index is -0.978. The van der Waals surface area contributed by atoms with Crippen LogP contribution in [0.4, 0.5) is 0 Å². The highest BCUT2D eigenvalue weighted by Crippen LogP contribution is 2.42. The normalized spacial score (nSPS) is 18.4. The van der Waals surface area contributed by atoms with E-state index in [1.165, 1.54) is 0 Å². The van der Waals surface area contributed by atoms with E-state index in [4.69, 9.17) is 39.9 Å². The first-order valence-electron chi connectivity index (χ1n) is 17.7. The number of likely N-dealkylation sites (N-methyl/N-ethyl adjacent to an activating group) is 1. The molecule has 2 heterocycles. The summed E-state index contributed by atoms with van der Waals surface area (Å²) in [5.74, 6) is 2.12. The summed E-state index contributed by atoms with van der Waals surface area (Å²) in [5.41, 5.74) is 1.87. The fourth-order valence-corrected chi connectivity index (χ4v) is 6.89. The highest BCUT2D eigenvalue weighted by atomic mass is 35.5. The second-order valence-corrected chi connectivity index (χ2v) is 14.8. The molecule has 0 aromatic heterocycles.